The van der Waals surface area contributed by atoms with Crippen molar-refractivity contribution in [1.82, 2.24) is 4.72 Å². The van der Waals surface area contributed by atoms with Crippen molar-refractivity contribution >= 4 is 28.9 Å². The number of carbonyl (C=O) groups excluding carboxylic acids is 1. The van der Waals surface area contributed by atoms with Crippen LogP contribution in [-0.4, -0.2) is 43.4 Å². The number of aryl methyl sites for hydroxylation is 1. The van der Waals surface area contributed by atoms with Gasteiger partial charge in [0.2, 0.25) is 0 Å². The van der Waals surface area contributed by atoms with Gasteiger partial charge in [-0.1, -0.05) is 30.7 Å². The van der Waals surface area contributed by atoms with Crippen LogP contribution in [0.2, 0.25) is 5.02 Å². The molecule has 1 aromatic rings. The highest BCUT2D eigenvalue weighted by Gasteiger charge is 2.52. The van der Waals surface area contributed by atoms with E-state index in [1.165, 1.54) is 20.0 Å². The molecule has 3 atom stereocenters. The van der Waals surface area contributed by atoms with Gasteiger partial charge in [-0.05, 0) is 93.7 Å². The van der Waals surface area contributed by atoms with Gasteiger partial charge >= 0.3 is 5.97 Å². The fourth-order valence-corrected chi connectivity index (χ4v) is 6.30. The first kappa shape index (κ1) is 28.7. The molecule has 8 heteroatoms. The molecule has 1 aromatic carbocycles. The van der Waals surface area contributed by atoms with E-state index in [0.29, 0.717) is 23.0 Å². The summed E-state index contributed by atoms with van der Waals surface area (Å²) in [6.07, 6.45) is 6.29. The molecule has 0 aromatic heterocycles. The van der Waals surface area contributed by atoms with E-state index in [9.17, 15) is 9.35 Å². The number of benzene rings is 1. The summed E-state index contributed by atoms with van der Waals surface area (Å²) >= 11 is 5.42. The molecule has 1 N–H and O–H groups in total. The third-order valence-corrected chi connectivity index (χ3v) is 9.70. The van der Waals surface area contributed by atoms with Crippen LogP contribution < -0.4 is 4.72 Å². The average molecular weight is 528 g/mol. The Morgan fingerprint density at radius 2 is 2.00 bits per heavy atom. The minimum Gasteiger partial charge on any atom is -0.598 e. The first-order valence-corrected chi connectivity index (χ1v) is 14.2. The lowest BCUT2D eigenvalue weighted by atomic mass is 9.62. The van der Waals surface area contributed by atoms with Crippen molar-refractivity contribution in [2.24, 2.45) is 23.2 Å². The monoisotopic (exact) mass is 527 g/mol. The van der Waals surface area contributed by atoms with Crippen molar-refractivity contribution in [1.29, 1.82) is 0 Å². The summed E-state index contributed by atoms with van der Waals surface area (Å²) < 4.78 is 32.2. The van der Waals surface area contributed by atoms with Crippen LogP contribution in [0.15, 0.2) is 18.2 Å². The normalized spacial score (nSPS) is 24.4. The lowest BCUT2D eigenvalue weighted by Gasteiger charge is -2.46. The number of ether oxygens (including phenoxy) is 3. The predicted molar refractivity (Wildman–Crippen MR) is 140 cm³/mol. The Balaban J connectivity index is 1.87. The standard InChI is InChI=1S/C27H42ClNO5S/c1-18(2)35(31)29-27(4,22-8-7-20(23(28)15-22)9-10-26(3)11-12-26)24(25(30)33-6)21-13-19(14-21)16-34-17-32-5/h7-8,15,18-19,21,24,29H,9-14,16-17H2,1-6H3/t19?,21?,24?,27-,35?/m0/s1. The molecule has 0 bridgehead atoms. The summed E-state index contributed by atoms with van der Waals surface area (Å²) in [6.45, 7) is 8.94. The van der Waals surface area contributed by atoms with E-state index in [4.69, 9.17) is 25.8 Å². The minimum atomic E-state index is -1.35. The first-order valence-electron chi connectivity index (χ1n) is 12.6. The third kappa shape index (κ3) is 7.14. The number of methoxy groups -OCH3 is 2. The highest BCUT2D eigenvalue weighted by Crippen LogP contribution is 2.50. The quantitative estimate of drug-likeness (QED) is 0.151. The third-order valence-electron chi connectivity index (χ3n) is 7.87. The van der Waals surface area contributed by atoms with Gasteiger partial charge < -0.3 is 18.8 Å². The van der Waals surface area contributed by atoms with Crippen molar-refractivity contribution in [2.45, 2.75) is 77.0 Å². The molecule has 2 unspecified atom stereocenters. The topological polar surface area (TPSA) is 79.9 Å². The van der Waals surface area contributed by atoms with Gasteiger partial charge in [0.05, 0.1) is 25.2 Å². The van der Waals surface area contributed by atoms with E-state index in [2.05, 4.69) is 17.7 Å². The molecule has 0 heterocycles. The number of carbonyl (C=O) groups is 1. The molecule has 198 valence electrons. The van der Waals surface area contributed by atoms with E-state index >= 15 is 0 Å². The molecule has 2 aliphatic rings. The zero-order valence-corrected chi connectivity index (χ0v) is 23.6. The molecule has 3 rings (SSSR count). The Morgan fingerprint density at radius 3 is 2.54 bits per heavy atom. The van der Waals surface area contributed by atoms with Gasteiger partial charge in [0.15, 0.2) is 0 Å². The van der Waals surface area contributed by atoms with Crippen LogP contribution >= 0.6 is 11.6 Å². The fraction of sp³-hybridized carbons (Fsp3) is 0.741. The van der Waals surface area contributed by atoms with Gasteiger partial charge in [-0.15, -0.1) is 4.72 Å². The van der Waals surface area contributed by atoms with Crippen LogP contribution in [-0.2, 0) is 42.3 Å². The molecule has 6 nitrogen and oxygen atoms in total. The maximum atomic E-state index is 13.2. The number of nitrogens with one attached hydrogen (secondary N) is 1. The molecule has 0 saturated heterocycles. The summed E-state index contributed by atoms with van der Waals surface area (Å²) in [5.41, 5.74) is 1.52. The van der Waals surface area contributed by atoms with E-state index < -0.39 is 22.8 Å². The van der Waals surface area contributed by atoms with Crippen LogP contribution in [0.25, 0.3) is 0 Å². The summed E-state index contributed by atoms with van der Waals surface area (Å²) in [4.78, 5) is 13.2. The molecule has 2 saturated carbocycles. The molecule has 2 fully saturated rings. The van der Waals surface area contributed by atoms with Gasteiger partial charge in [-0.3, -0.25) is 4.79 Å². The maximum Gasteiger partial charge on any atom is 0.311 e. The first-order chi connectivity index (χ1) is 16.5. The summed E-state index contributed by atoms with van der Waals surface area (Å²) in [5.74, 6) is -0.379. The number of esters is 1. The van der Waals surface area contributed by atoms with Gasteiger partial charge in [-0.2, -0.15) is 0 Å². The molecule has 0 aliphatic heterocycles. The Morgan fingerprint density at radius 1 is 1.31 bits per heavy atom. The van der Waals surface area contributed by atoms with E-state index in [1.54, 1.807) is 7.11 Å². The number of rotatable bonds is 14. The van der Waals surface area contributed by atoms with Gasteiger partial charge in [0, 0.05) is 23.5 Å². The highest BCUT2D eigenvalue weighted by atomic mass is 35.5. The fourth-order valence-electron chi connectivity index (χ4n) is 5.12. The summed E-state index contributed by atoms with van der Waals surface area (Å²) in [5, 5.41) is 0.580. The molecular weight excluding hydrogens is 486 g/mol. The number of hydrogen-bond donors (Lipinski definition) is 1. The van der Waals surface area contributed by atoms with Gasteiger partial charge in [0.1, 0.15) is 12.0 Å². The highest BCUT2D eigenvalue weighted by molar-refractivity contribution is 7.90. The average Bonchev–Trinajstić information content (AvgIpc) is 3.53. The second kappa shape index (κ2) is 12.1. The van der Waals surface area contributed by atoms with Crippen LogP contribution in [0.5, 0.6) is 0 Å². The number of hydrogen-bond acceptors (Lipinski definition) is 6. The van der Waals surface area contributed by atoms with Gasteiger partial charge in [0.25, 0.3) is 0 Å². The molecule has 0 radical (unpaired) electrons. The SMILES string of the molecule is COCOCC1CC(C(C(=O)OC)[C@@](C)(N[S+]([O-])C(C)C)c2ccc(CCC3(C)CC3)c(Cl)c2)C1. The second-order valence-electron chi connectivity index (χ2n) is 11.1. The van der Waals surface area contributed by atoms with Crippen LogP contribution in [0, 0.1) is 23.2 Å². The zero-order valence-electron chi connectivity index (χ0n) is 22.0. The van der Waals surface area contributed by atoms with Crippen LogP contribution in [0.4, 0.5) is 0 Å². The molecule has 2 aliphatic carbocycles. The zero-order chi connectivity index (χ0) is 25.8. The van der Waals surface area contributed by atoms with Crippen LogP contribution in [0.1, 0.15) is 70.9 Å². The number of halogens is 1. The van der Waals surface area contributed by atoms with E-state index in [-0.39, 0.29) is 23.9 Å². The maximum absolute atomic E-state index is 13.2. The molecular formula is C27H42ClNO5S. The Labute approximate surface area is 219 Å². The minimum absolute atomic E-state index is 0.0773. The van der Waals surface area contributed by atoms with E-state index in [1.807, 2.05) is 32.9 Å². The Bertz CT molecular complexity index is 858. The molecule has 35 heavy (non-hydrogen) atoms. The predicted octanol–water partition coefficient (Wildman–Crippen LogP) is 5.39. The lowest BCUT2D eigenvalue weighted by Crippen LogP contribution is -2.57. The Hall–Kier alpha value is -0.830. The molecule has 0 spiro atoms. The van der Waals surface area contributed by atoms with Crippen molar-refractivity contribution < 1.29 is 23.6 Å². The largest absolute Gasteiger partial charge is 0.598 e. The Kier molecular flexibility index (Phi) is 9.97. The summed E-state index contributed by atoms with van der Waals surface area (Å²) in [6, 6.07) is 6.05. The van der Waals surface area contributed by atoms with Crippen LogP contribution in [0.3, 0.4) is 0 Å². The van der Waals surface area contributed by atoms with Crippen molar-refractivity contribution in [3.63, 3.8) is 0 Å². The van der Waals surface area contributed by atoms with Gasteiger partial charge in [-0.25, -0.2) is 0 Å². The van der Waals surface area contributed by atoms with E-state index in [0.717, 1.165) is 36.8 Å². The van der Waals surface area contributed by atoms with Crippen molar-refractivity contribution in [3.05, 3.63) is 34.3 Å². The summed E-state index contributed by atoms with van der Waals surface area (Å²) in [7, 11) is 3.02. The molecule has 0 amide bonds. The van der Waals surface area contributed by atoms with Crippen molar-refractivity contribution in [2.75, 3.05) is 27.6 Å². The van der Waals surface area contributed by atoms with Crippen molar-refractivity contribution in [3.8, 4) is 0 Å². The second-order valence-corrected chi connectivity index (χ2v) is 13.3. The lowest BCUT2D eigenvalue weighted by molar-refractivity contribution is -0.155. The smallest absolute Gasteiger partial charge is 0.311 e.